The molecule has 1 aliphatic heterocycles. The maximum absolute atomic E-state index is 12.2. The number of fused-ring (bicyclic) bond motifs is 1. The normalized spacial score (nSPS) is 16.6. The van der Waals surface area contributed by atoms with Gasteiger partial charge in [0.15, 0.2) is 5.58 Å². The summed E-state index contributed by atoms with van der Waals surface area (Å²) in [7, 11) is 1.78. The van der Waals surface area contributed by atoms with Crippen LogP contribution in [0.4, 0.5) is 4.79 Å². The molecule has 2 aromatic rings. The number of hydrogen-bond donors (Lipinski definition) is 0. The van der Waals surface area contributed by atoms with Gasteiger partial charge in [0.2, 0.25) is 0 Å². The number of hydrogen-bond acceptors (Lipinski definition) is 5. The molecular weight excluding hydrogens is 370 g/mol. The average Bonchev–Trinajstić information content (AvgIpc) is 2.88. The predicted molar refractivity (Wildman–Crippen MR) is 104 cm³/mol. The second-order valence-corrected chi connectivity index (χ2v) is 8.43. The van der Waals surface area contributed by atoms with Crippen LogP contribution < -0.4 is 5.76 Å². The SMILES string of the molecule is CN(C(=O)OC(C)(C)C)C1CCN(Cn2c(=O)oc3cc(Cl)ccc32)CC1. The van der Waals surface area contributed by atoms with Gasteiger partial charge < -0.3 is 14.1 Å². The summed E-state index contributed by atoms with van der Waals surface area (Å²) >= 11 is 5.96. The summed E-state index contributed by atoms with van der Waals surface area (Å²) in [4.78, 5) is 28.3. The third kappa shape index (κ3) is 4.65. The zero-order valence-corrected chi connectivity index (χ0v) is 17.0. The number of ether oxygens (including phenoxy) is 1. The van der Waals surface area contributed by atoms with Gasteiger partial charge in [-0.05, 0) is 45.7 Å². The minimum absolute atomic E-state index is 0.132. The van der Waals surface area contributed by atoms with Gasteiger partial charge in [-0.3, -0.25) is 9.47 Å². The lowest BCUT2D eigenvalue weighted by molar-refractivity contribution is 0.0137. The minimum Gasteiger partial charge on any atom is -0.444 e. The number of benzene rings is 1. The van der Waals surface area contributed by atoms with E-state index in [0.29, 0.717) is 17.3 Å². The first-order valence-electron chi connectivity index (χ1n) is 9.11. The van der Waals surface area contributed by atoms with Crippen molar-refractivity contribution in [1.29, 1.82) is 0 Å². The molecular formula is C19H26ClN3O4. The van der Waals surface area contributed by atoms with Crippen molar-refractivity contribution < 1.29 is 13.9 Å². The summed E-state index contributed by atoms with van der Waals surface area (Å²) < 4.78 is 12.3. The smallest absolute Gasteiger partial charge is 0.421 e. The van der Waals surface area contributed by atoms with E-state index in [2.05, 4.69) is 4.90 Å². The molecule has 3 rings (SSSR count). The number of carbonyl (C=O) groups excluding carboxylic acids is 1. The van der Waals surface area contributed by atoms with E-state index in [1.165, 1.54) is 0 Å². The Morgan fingerprint density at radius 1 is 1.33 bits per heavy atom. The molecule has 0 radical (unpaired) electrons. The Morgan fingerprint density at radius 2 is 2.00 bits per heavy atom. The molecule has 8 heteroatoms. The van der Waals surface area contributed by atoms with Gasteiger partial charge in [-0.25, -0.2) is 9.59 Å². The summed E-state index contributed by atoms with van der Waals surface area (Å²) in [6, 6.07) is 5.33. The second-order valence-electron chi connectivity index (χ2n) is 7.99. The molecule has 0 spiro atoms. The number of halogens is 1. The number of oxazole rings is 1. The van der Waals surface area contributed by atoms with Crippen LogP contribution in [0.15, 0.2) is 27.4 Å². The lowest BCUT2D eigenvalue weighted by atomic mass is 10.0. The first-order chi connectivity index (χ1) is 12.6. The van der Waals surface area contributed by atoms with Crippen LogP contribution in [0.25, 0.3) is 11.1 Å². The number of nitrogens with zero attached hydrogens (tertiary/aromatic N) is 3. The monoisotopic (exact) mass is 395 g/mol. The van der Waals surface area contributed by atoms with E-state index >= 15 is 0 Å². The van der Waals surface area contributed by atoms with E-state index in [4.69, 9.17) is 20.8 Å². The Hall–Kier alpha value is -1.99. The summed E-state index contributed by atoms with van der Waals surface area (Å²) in [5, 5.41) is 0.536. The molecule has 1 aliphatic rings. The zero-order valence-electron chi connectivity index (χ0n) is 16.2. The van der Waals surface area contributed by atoms with Gasteiger partial charge in [0.1, 0.15) is 5.60 Å². The van der Waals surface area contributed by atoms with Crippen LogP contribution in [0.5, 0.6) is 0 Å². The van der Waals surface area contributed by atoms with Gasteiger partial charge in [-0.1, -0.05) is 11.6 Å². The molecule has 7 nitrogen and oxygen atoms in total. The van der Waals surface area contributed by atoms with Crippen molar-refractivity contribution in [2.45, 2.75) is 51.9 Å². The lowest BCUT2D eigenvalue weighted by Crippen LogP contribution is -2.47. The fourth-order valence-corrected chi connectivity index (χ4v) is 3.47. The van der Waals surface area contributed by atoms with Crippen molar-refractivity contribution in [2.24, 2.45) is 0 Å². The van der Waals surface area contributed by atoms with Crippen LogP contribution in [-0.4, -0.2) is 52.2 Å². The van der Waals surface area contributed by atoms with E-state index in [1.54, 1.807) is 34.7 Å². The van der Waals surface area contributed by atoms with Crippen LogP contribution in [0.2, 0.25) is 5.02 Å². The largest absolute Gasteiger partial charge is 0.444 e. The number of rotatable bonds is 3. The molecule has 1 aromatic carbocycles. The maximum Gasteiger partial charge on any atom is 0.421 e. The number of likely N-dealkylation sites (tertiary alicyclic amines) is 1. The minimum atomic E-state index is -0.502. The zero-order chi connectivity index (χ0) is 19.8. The topological polar surface area (TPSA) is 67.9 Å². The van der Waals surface area contributed by atoms with Gasteiger partial charge in [-0.15, -0.1) is 0 Å². The van der Waals surface area contributed by atoms with Gasteiger partial charge in [0.25, 0.3) is 0 Å². The molecule has 0 unspecified atom stereocenters. The number of amides is 1. The van der Waals surface area contributed by atoms with Crippen molar-refractivity contribution in [3.63, 3.8) is 0 Å². The van der Waals surface area contributed by atoms with Crippen LogP contribution in [0.1, 0.15) is 33.6 Å². The number of carbonyl (C=O) groups is 1. The molecule has 0 saturated carbocycles. The predicted octanol–water partition coefficient (Wildman–Crippen LogP) is 3.54. The third-order valence-corrected chi connectivity index (χ3v) is 4.99. The second kappa shape index (κ2) is 7.56. The molecule has 1 aromatic heterocycles. The Balaban J connectivity index is 1.61. The van der Waals surface area contributed by atoms with Crippen molar-refractivity contribution in [1.82, 2.24) is 14.4 Å². The molecule has 0 aliphatic carbocycles. The first-order valence-corrected chi connectivity index (χ1v) is 9.49. The van der Waals surface area contributed by atoms with Crippen molar-refractivity contribution in [3.8, 4) is 0 Å². The Labute approximate surface area is 163 Å². The summed E-state index contributed by atoms with van der Waals surface area (Å²) in [5.41, 5.74) is 0.725. The molecule has 0 N–H and O–H groups in total. The van der Waals surface area contributed by atoms with Crippen molar-refractivity contribution in [2.75, 3.05) is 20.1 Å². The van der Waals surface area contributed by atoms with E-state index < -0.39 is 5.60 Å². The maximum atomic E-state index is 12.2. The molecule has 2 heterocycles. The van der Waals surface area contributed by atoms with Crippen LogP contribution in [-0.2, 0) is 11.4 Å². The molecule has 0 bridgehead atoms. The summed E-state index contributed by atoms with van der Waals surface area (Å²) in [5.74, 6) is -0.389. The van der Waals surface area contributed by atoms with Crippen molar-refractivity contribution in [3.05, 3.63) is 33.8 Å². The average molecular weight is 396 g/mol. The van der Waals surface area contributed by atoms with Gasteiger partial charge in [0, 0.05) is 37.3 Å². The van der Waals surface area contributed by atoms with Crippen LogP contribution in [0.3, 0.4) is 0 Å². The molecule has 1 fully saturated rings. The fourth-order valence-electron chi connectivity index (χ4n) is 3.31. The molecule has 148 valence electrons. The molecule has 1 saturated heterocycles. The number of aromatic nitrogens is 1. The fraction of sp³-hybridized carbons (Fsp3) is 0.579. The van der Waals surface area contributed by atoms with Gasteiger partial charge >= 0.3 is 11.8 Å². The van der Waals surface area contributed by atoms with E-state index in [0.717, 1.165) is 31.4 Å². The van der Waals surface area contributed by atoms with E-state index in [9.17, 15) is 9.59 Å². The van der Waals surface area contributed by atoms with Crippen LogP contribution in [0, 0.1) is 0 Å². The molecule has 0 atom stereocenters. The summed E-state index contributed by atoms with van der Waals surface area (Å²) in [6.45, 7) is 7.61. The van der Waals surface area contributed by atoms with Gasteiger partial charge in [0.05, 0.1) is 12.2 Å². The molecule has 1 amide bonds. The Morgan fingerprint density at radius 3 is 2.63 bits per heavy atom. The highest BCUT2D eigenvalue weighted by Crippen LogP contribution is 2.21. The number of piperidine rings is 1. The highest BCUT2D eigenvalue weighted by molar-refractivity contribution is 6.31. The van der Waals surface area contributed by atoms with E-state index in [1.807, 2.05) is 20.8 Å². The van der Waals surface area contributed by atoms with Crippen molar-refractivity contribution >= 4 is 28.8 Å². The van der Waals surface area contributed by atoms with E-state index in [-0.39, 0.29) is 17.9 Å². The Kier molecular flexibility index (Phi) is 5.53. The van der Waals surface area contributed by atoms with Gasteiger partial charge in [-0.2, -0.15) is 0 Å². The highest BCUT2D eigenvalue weighted by Gasteiger charge is 2.29. The highest BCUT2D eigenvalue weighted by atomic mass is 35.5. The quantitative estimate of drug-likeness (QED) is 0.795. The molecule has 27 heavy (non-hydrogen) atoms. The Bertz CT molecular complexity index is 875. The lowest BCUT2D eigenvalue weighted by Gasteiger charge is -2.37. The first kappa shape index (κ1) is 19.8. The third-order valence-electron chi connectivity index (χ3n) is 4.76. The van der Waals surface area contributed by atoms with Crippen LogP contribution >= 0.6 is 11.6 Å². The summed E-state index contributed by atoms with van der Waals surface area (Å²) in [6.07, 6.45) is 1.35. The standard InChI is InChI=1S/C19H26ClN3O4/c1-19(2,3)27-17(24)21(4)14-7-9-22(10-8-14)12-23-15-6-5-13(20)11-16(15)26-18(23)25/h5-6,11,14H,7-10,12H2,1-4H3.